The summed E-state index contributed by atoms with van der Waals surface area (Å²) in [6.45, 7) is 6.24. The Morgan fingerprint density at radius 2 is 1.95 bits per heavy atom. The number of rotatable bonds is 1. The van der Waals surface area contributed by atoms with Crippen molar-refractivity contribution in [2.45, 2.75) is 70.4 Å². The molecular formula is C15H23N3O4. The van der Waals surface area contributed by atoms with Gasteiger partial charge in [-0.2, -0.15) is 0 Å². The number of hydrogen-bond acceptors (Lipinski definition) is 5. The summed E-state index contributed by atoms with van der Waals surface area (Å²) in [7, 11) is 0. The van der Waals surface area contributed by atoms with Crippen molar-refractivity contribution >= 4 is 0 Å². The van der Waals surface area contributed by atoms with Crippen molar-refractivity contribution in [3.8, 4) is 0 Å². The maximum atomic E-state index is 8.82. The highest BCUT2D eigenvalue weighted by molar-refractivity contribution is 5.09. The summed E-state index contributed by atoms with van der Waals surface area (Å²) in [5.74, 6) is 0.398. The van der Waals surface area contributed by atoms with Gasteiger partial charge in [0.25, 0.3) is 0 Å². The average molecular weight is 309 g/mol. The van der Waals surface area contributed by atoms with Crippen LogP contribution in [0.15, 0.2) is 5.11 Å². The molecule has 0 aromatic carbocycles. The van der Waals surface area contributed by atoms with E-state index in [0.29, 0.717) is 11.8 Å². The van der Waals surface area contributed by atoms with Gasteiger partial charge in [-0.05, 0) is 49.5 Å². The van der Waals surface area contributed by atoms with Gasteiger partial charge in [0.2, 0.25) is 5.79 Å². The van der Waals surface area contributed by atoms with Crippen LogP contribution in [0, 0.1) is 23.7 Å². The van der Waals surface area contributed by atoms with Gasteiger partial charge in [0.05, 0.1) is 0 Å². The molecule has 0 aromatic heterocycles. The van der Waals surface area contributed by atoms with Crippen molar-refractivity contribution in [2.24, 2.45) is 28.8 Å². The highest BCUT2D eigenvalue weighted by atomic mass is 17.3. The normalized spacial score (nSPS) is 56.7. The van der Waals surface area contributed by atoms with E-state index in [1.165, 1.54) is 0 Å². The third-order valence-corrected chi connectivity index (χ3v) is 6.29. The molecule has 5 aliphatic rings. The van der Waals surface area contributed by atoms with Gasteiger partial charge in [-0.1, -0.05) is 19.0 Å². The third kappa shape index (κ3) is 1.80. The SMILES string of the molecule is C[C@H]1[C@H](N=[N+]=[N-])OC2O[C@]3(C)CC[C@H]4[C@H](C)CC[C@@H]1[C@@]24OO3. The first kappa shape index (κ1) is 14.7. The summed E-state index contributed by atoms with van der Waals surface area (Å²) in [5, 5.41) is 3.84. The molecule has 0 aromatic rings. The molecular weight excluding hydrogens is 286 g/mol. The Morgan fingerprint density at radius 1 is 1.14 bits per heavy atom. The van der Waals surface area contributed by atoms with Gasteiger partial charge in [-0.25, -0.2) is 9.78 Å². The van der Waals surface area contributed by atoms with E-state index in [9.17, 15) is 0 Å². The molecule has 7 heteroatoms. The maximum Gasteiger partial charge on any atom is 0.201 e. The summed E-state index contributed by atoms with van der Waals surface area (Å²) < 4.78 is 12.2. The fourth-order valence-corrected chi connectivity index (χ4v) is 5.07. The molecule has 2 bridgehead atoms. The van der Waals surface area contributed by atoms with E-state index in [0.717, 1.165) is 25.7 Å². The van der Waals surface area contributed by atoms with Crippen LogP contribution in [-0.2, 0) is 19.2 Å². The molecule has 1 aliphatic carbocycles. The van der Waals surface area contributed by atoms with Crippen LogP contribution in [0.25, 0.3) is 10.4 Å². The molecule has 122 valence electrons. The molecule has 5 fully saturated rings. The fraction of sp³-hybridized carbons (Fsp3) is 1.00. The Balaban J connectivity index is 1.80. The molecule has 22 heavy (non-hydrogen) atoms. The lowest BCUT2D eigenvalue weighted by molar-refractivity contribution is -0.570. The second-order valence-corrected chi connectivity index (χ2v) is 7.50. The van der Waals surface area contributed by atoms with Gasteiger partial charge in [0.1, 0.15) is 6.23 Å². The first-order chi connectivity index (χ1) is 10.5. The minimum atomic E-state index is -0.779. The molecule has 4 saturated heterocycles. The monoisotopic (exact) mass is 309 g/mol. The summed E-state index contributed by atoms with van der Waals surface area (Å²) in [5.41, 5.74) is 8.24. The van der Waals surface area contributed by atoms with Gasteiger partial charge in [0.15, 0.2) is 11.9 Å². The lowest BCUT2D eigenvalue weighted by Gasteiger charge is -2.60. The zero-order chi connectivity index (χ0) is 15.5. The zero-order valence-electron chi connectivity index (χ0n) is 13.3. The van der Waals surface area contributed by atoms with E-state index >= 15 is 0 Å². The lowest BCUT2D eigenvalue weighted by Crippen LogP contribution is -2.70. The first-order valence-electron chi connectivity index (χ1n) is 8.24. The fourth-order valence-electron chi connectivity index (χ4n) is 5.07. The standard InChI is InChI=1S/C15H23N3O4/c1-8-4-5-11-9(2)12(17-18-16)19-13-15(11)10(8)6-7-14(3,20-13)21-22-15/h8-13H,4-7H2,1-3H3/t8-,9-,10+,11+,12-,13?,14+,15-/m1/s1. The number of fused-ring (bicyclic) bond motifs is 2. The zero-order valence-corrected chi connectivity index (χ0v) is 13.3. The Bertz CT molecular complexity index is 525. The highest BCUT2D eigenvalue weighted by Gasteiger charge is 2.69. The molecule has 0 radical (unpaired) electrons. The van der Waals surface area contributed by atoms with Crippen molar-refractivity contribution in [3.05, 3.63) is 10.4 Å². The minimum Gasteiger partial charge on any atom is -0.340 e. The lowest BCUT2D eigenvalue weighted by atomic mass is 9.58. The Hall–Kier alpha value is -0.850. The molecule has 7 nitrogen and oxygen atoms in total. The van der Waals surface area contributed by atoms with Crippen molar-refractivity contribution in [1.29, 1.82) is 0 Å². The van der Waals surface area contributed by atoms with Gasteiger partial charge in [-0.3, -0.25) is 0 Å². The second kappa shape index (κ2) is 4.82. The van der Waals surface area contributed by atoms with Crippen molar-refractivity contribution in [3.63, 3.8) is 0 Å². The minimum absolute atomic E-state index is 0.0804. The summed E-state index contributed by atoms with van der Waals surface area (Å²) >= 11 is 0. The van der Waals surface area contributed by atoms with E-state index in [4.69, 9.17) is 24.8 Å². The Morgan fingerprint density at radius 3 is 2.73 bits per heavy atom. The van der Waals surface area contributed by atoms with Gasteiger partial charge in [0, 0.05) is 17.3 Å². The van der Waals surface area contributed by atoms with E-state index in [1.807, 2.05) is 6.92 Å². The predicted octanol–water partition coefficient (Wildman–Crippen LogP) is 3.50. The summed E-state index contributed by atoms with van der Waals surface area (Å²) in [6, 6.07) is 0. The van der Waals surface area contributed by atoms with Crippen LogP contribution in [-0.4, -0.2) is 23.9 Å². The highest BCUT2D eigenvalue weighted by Crippen LogP contribution is 2.60. The Labute approximate surface area is 129 Å². The van der Waals surface area contributed by atoms with Crippen LogP contribution < -0.4 is 0 Å². The van der Waals surface area contributed by atoms with Crippen LogP contribution in [0.2, 0.25) is 0 Å². The number of azide groups is 1. The quantitative estimate of drug-likeness (QED) is 0.321. The largest absolute Gasteiger partial charge is 0.340 e. The van der Waals surface area contributed by atoms with E-state index in [2.05, 4.69) is 23.9 Å². The molecule has 1 spiro atoms. The van der Waals surface area contributed by atoms with Gasteiger partial charge < -0.3 is 9.47 Å². The average Bonchev–Trinajstić information content (AvgIpc) is 2.71. The summed E-state index contributed by atoms with van der Waals surface area (Å²) in [4.78, 5) is 14.7. The van der Waals surface area contributed by atoms with Crippen LogP contribution in [0.4, 0.5) is 0 Å². The number of ether oxygens (including phenoxy) is 2. The maximum absolute atomic E-state index is 8.82. The first-order valence-corrected chi connectivity index (χ1v) is 8.24. The number of hydrogen-bond donors (Lipinski definition) is 0. The Kier molecular flexibility index (Phi) is 3.23. The van der Waals surface area contributed by atoms with Gasteiger partial charge in [-0.15, -0.1) is 0 Å². The van der Waals surface area contributed by atoms with Gasteiger partial charge >= 0.3 is 0 Å². The smallest absolute Gasteiger partial charge is 0.201 e. The molecule has 0 amide bonds. The van der Waals surface area contributed by atoms with E-state index < -0.39 is 23.9 Å². The summed E-state index contributed by atoms with van der Waals surface area (Å²) in [6.07, 6.45) is 2.92. The molecule has 5 rings (SSSR count). The molecule has 4 heterocycles. The van der Waals surface area contributed by atoms with Crippen molar-refractivity contribution < 1.29 is 19.2 Å². The molecule has 4 aliphatic heterocycles. The predicted molar refractivity (Wildman–Crippen MR) is 76.0 cm³/mol. The topological polar surface area (TPSA) is 85.7 Å². The third-order valence-electron chi connectivity index (χ3n) is 6.29. The van der Waals surface area contributed by atoms with Crippen molar-refractivity contribution in [1.82, 2.24) is 0 Å². The van der Waals surface area contributed by atoms with E-state index in [1.54, 1.807) is 0 Å². The molecule has 1 saturated carbocycles. The van der Waals surface area contributed by atoms with Crippen LogP contribution in [0.1, 0.15) is 46.5 Å². The van der Waals surface area contributed by atoms with Crippen LogP contribution in [0.3, 0.4) is 0 Å². The molecule has 8 atom stereocenters. The van der Waals surface area contributed by atoms with Crippen LogP contribution >= 0.6 is 0 Å². The second-order valence-electron chi connectivity index (χ2n) is 7.50. The number of nitrogens with zero attached hydrogens (tertiary/aromatic N) is 3. The van der Waals surface area contributed by atoms with Crippen LogP contribution in [0.5, 0.6) is 0 Å². The molecule has 1 unspecified atom stereocenters. The molecule has 0 N–H and O–H groups in total. The van der Waals surface area contributed by atoms with E-state index in [-0.39, 0.29) is 11.8 Å². The van der Waals surface area contributed by atoms with Crippen molar-refractivity contribution in [2.75, 3.05) is 0 Å².